The van der Waals surface area contributed by atoms with Gasteiger partial charge in [0.1, 0.15) is 5.82 Å². The Morgan fingerprint density at radius 2 is 1.86 bits per heavy atom. The van der Waals surface area contributed by atoms with Crippen LogP contribution in [0.5, 0.6) is 0 Å². The zero-order valence-corrected chi connectivity index (χ0v) is 12.3. The number of anilines is 2. The fourth-order valence-electron chi connectivity index (χ4n) is 2.60. The van der Waals surface area contributed by atoms with E-state index in [1.807, 2.05) is 18.2 Å². The van der Waals surface area contributed by atoms with Crippen LogP contribution in [0.1, 0.15) is 13.8 Å². The van der Waals surface area contributed by atoms with Crippen LogP contribution in [0.3, 0.4) is 0 Å². The van der Waals surface area contributed by atoms with Crippen molar-refractivity contribution in [3.8, 4) is 11.1 Å². The minimum atomic E-state index is 0.488. The highest BCUT2D eigenvalue weighted by Gasteiger charge is 2.15. The molecule has 5 heteroatoms. The smallest absolute Gasteiger partial charge is 0.160 e. The Hall–Kier alpha value is -2.56. The molecule has 0 spiro atoms. The summed E-state index contributed by atoms with van der Waals surface area (Å²) in [6.45, 7) is 6.07. The third kappa shape index (κ3) is 2.31. The number of H-pyrrole nitrogens is 1. The van der Waals surface area contributed by atoms with Gasteiger partial charge >= 0.3 is 0 Å². The van der Waals surface area contributed by atoms with Crippen LogP contribution in [-0.2, 0) is 0 Å². The first kappa shape index (κ1) is 13.4. The van der Waals surface area contributed by atoms with Gasteiger partial charge in [-0.2, -0.15) is 5.10 Å². The lowest BCUT2D eigenvalue weighted by atomic mass is 10.0. The lowest BCUT2D eigenvalue weighted by Crippen LogP contribution is -2.23. The standard InChI is InChI=1S/C16H19N5/c1-3-21(4-2)13-10-12(11-8-6-5-7-9-11)14-15(17)19-20-16(14)18-13/h5-10H,3-4H2,1-2H3,(H3,17,18,19,20). The van der Waals surface area contributed by atoms with E-state index in [1.165, 1.54) is 0 Å². The Morgan fingerprint density at radius 3 is 2.52 bits per heavy atom. The fraction of sp³-hybridized carbons (Fsp3) is 0.250. The van der Waals surface area contributed by atoms with Crippen molar-refractivity contribution in [3.05, 3.63) is 36.4 Å². The zero-order valence-electron chi connectivity index (χ0n) is 12.3. The van der Waals surface area contributed by atoms with Crippen LogP contribution in [-0.4, -0.2) is 28.3 Å². The molecule has 0 atom stereocenters. The molecule has 2 aromatic heterocycles. The molecule has 3 N–H and O–H groups in total. The van der Waals surface area contributed by atoms with Crippen molar-refractivity contribution in [1.82, 2.24) is 15.2 Å². The van der Waals surface area contributed by atoms with Crippen LogP contribution in [0.15, 0.2) is 36.4 Å². The molecule has 2 heterocycles. The van der Waals surface area contributed by atoms with Gasteiger partial charge in [0, 0.05) is 18.7 Å². The number of aromatic amines is 1. The van der Waals surface area contributed by atoms with Gasteiger partial charge in [-0.25, -0.2) is 4.98 Å². The van der Waals surface area contributed by atoms with Crippen LogP contribution in [0, 0.1) is 0 Å². The number of aromatic nitrogens is 3. The van der Waals surface area contributed by atoms with Crippen molar-refractivity contribution in [2.24, 2.45) is 0 Å². The molecule has 0 saturated heterocycles. The van der Waals surface area contributed by atoms with Crippen LogP contribution in [0.2, 0.25) is 0 Å². The normalized spacial score (nSPS) is 11.0. The van der Waals surface area contributed by atoms with Crippen LogP contribution in [0.25, 0.3) is 22.2 Å². The number of rotatable bonds is 4. The molecule has 5 nitrogen and oxygen atoms in total. The quantitative estimate of drug-likeness (QED) is 0.771. The predicted molar refractivity (Wildman–Crippen MR) is 87.3 cm³/mol. The third-order valence-electron chi connectivity index (χ3n) is 3.72. The Bertz CT molecular complexity index is 744. The first-order valence-electron chi connectivity index (χ1n) is 7.19. The topological polar surface area (TPSA) is 70.8 Å². The molecule has 0 aliphatic carbocycles. The van der Waals surface area contributed by atoms with Crippen molar-refractivity contribution in [1.29, 1.82) is 0 Å². The summed E-state index contributed by atoms with van der Waals surface area (Å²) in [6.07, 6.45) is 0. The third-order valence-corrected chi connectivity index (χ3v) is 3.72. The average molecular weight is 281 g/mol. The summed E-state index contributed by atoms with van der Waals surface area (Å²) in [5.41, 5.74) is 8.92. The summed E-state index contributed by atoms with van der Waals surface area (Å²) < 4.78 is 0. The molecule has 0 fully saturated rings. The lowest BCUT2D eigenvalue weighted by Gasteiger charge is -2.20. The van der Waals surface area contributed by atoms with Gasteiger partial charge in [-0.3, -0.25) is 5.10 Å². The van der Waals surface area contributed by atoms with Crippen molar-refractivity contribution < 1.29 is 0 Å². The van der Waals surface area contributed by atoms with Gasteiger partial charge in [-0.05, 0) is 25.5 Å². The van der Waals surface area contributed by atoms with Crippen molar-refractivity contribution in [2.45, 2.75) is 13.8 Å². The molecule has 1 aromatic carbocycles. The maximum Gasteiger partial charge on any atom is 0.160 e. The highest BCUT2D eigenvalue weighted by atomic mass is 15.2. The van der Waals surface area contributed by atoms with E-state index in [0.717, 1.165) is 41.1 Å². The average Bonchev–Trinajstić information content (AvgIpc) is 2.90. The predicted octanol–water partition coefficient (Wildman–Crippen LogP) is 3.05. The van der Waals surface area contributed by atoms with E-state index in [4.69, 9.17) is 5.73 Å². The van der Waals surface area contributed by atoms with Gasteiger partial charge in [0.2, 0.25) is 0 Å². The minimum Gasteiger partial charge on any atom is -0.382 e. The molecule has 0 amide bonds. The molecular weight excluding hydrogens is 262 g/mol. The summed E-state index contributed by atoms with van der Waals surface area (Å²) in [6, 6.07) is 12.3. The zero-order chi connectivity index (χ0) is 14.8. The summed E-state index contributed by atoms with van der Waals surface area (Å²) >= 11 is 0. The minimum absolute atomic E-state index is 0.488. The van der Waals surface area contributed by atoms with Crippen molar-refractivity contribution in [2.75, 3.05) is 23.7 Å². The van der Waals surface area contributed by atoms with E-state index in [2.05, 4.69) is 52.1 Å². The van der Waals surface area contributed by atoms with E-state index >= 15 is 0 Å². The fourth-order valence-corrected chi connectivity index (χ4v) is 2.60. The number of nitrogens with zero attached hydrogens (tertiary/aromatic N) is 3. The molecule has 3 rings (SSSR count). The van der Waals surface area contributed by atoms with Gasteiger partial charge in [-0.15, -0.1) is 0 Å². The van der Waals surface area contributed by atoms with E-state index in [9.17, 15) is 0 Å². The maximum atomic E-state index is 6.01. The Kier molecular flexibility index (Phi) is 3.48. The molecule has 0 bridgehead atoms. The lowest BCUT2D eigenvalue weighted by molar-refractivity contribution is 0.848. The number of hydrogen-bond donors (Lipinski definition) is 2. The molecule has 108 valence electrons. The SMILES string of the molecule is CCN(CC)c1cc(-c2ccccc2)c2c(N)n[nH]c2n1. The maximum absolute atomic E-state index is 6.01. The van der Waals surface area contributed by atoms with E-state index < -0.39 is 0 Å². The summed E-state index contributed by atoms with van der Waals surface area (Å²) in [7, 11) is 0. The molecule has 0 aliphatic rings. The second-order valence-corrected chi connectivity index (χ2v) is 4.90. The van der Waals surface area contributed by atoms with Gasteiger partial charge < -0.3 is 10.6 Å². The Balaban J connectivity index is 2.27. The molecule has 3 aromatic rings. The molecule has 0 saturated carbocycles. The monoisotopic (exact) mass is 281 g/mol. The second-order valence-electron chi connectivity index (χ2n) is 4.90. The van der Waals surface area contributed by atoms with E-state index in [0.29, 0.717) is 5.82 Å². The van der Waals surface area contributed by atoms with Gasteiger partial charge in [-0.1, -0.05) is 30.3 Å². The van der Waals surface area contributed by atoms with Gasteiger partial charge in [0.05, 0.1) is 5.39 Å². The largest absolute Gasteiger partial charge is 0.382 e. The number of fused-ring (bicyclic) bond motifs is 1. The van der Waals surface area contributed by atoms with Crippen molar-refractivity contribution >= 4 is 22.7 Å². The van der Waals surface area contributed by atoms with E-state index in [-0.39, 0.29) is 0 Å². The number of benzene rings is 1. The van der Waals surface area contributed by atoms with Crippen LogP contribution in [0.4, 0.5) is 11.6 Å². The van der Waals surface area contributed by atoms with Crippen LogP contribution < -0.4 is 10.6 Å². The van der Waals surface area contributed by atoms with Gasteiger partial charge in [0.15, 0.2) is 11.5 Å². The van der Waals surface area contributed by atoms with E-state index in [1.54, 1.807) is 0 Å². The number of pyridine rings is 1. The molecule has 0 unspecified atom stereocenters. The van der Waals surface area contributed by atoms with Gasteiger partial charge in [0.25, 0.3) is 0 Å². The molecule has 0 radical (unpaired) electrons. The molecule has 0 aliphatic heterocycles. The first-order chi connectivity index (χ1) is 10.2. The summed E-state index contributed by atoms with van der Waals surface area (Å²) in [4.78, 5) is 6.86. The molecular formula is C16H19N5. The summed E-state index contributed by atoms with van der Waals surface area (Å²) in [5, 5.41) is 7.92. The number of nitrogen functional groups attached to an aromatic ring is 1. The second kappa shape index (κ2) is 5.44. The number of hydrogen-bond acceptors (Lipinski definition) is 4. The highest BCUT2D eigenvalue weighted by Crippen LogP contribution is 2.33. The molecule has 21 heavy (non-hydrogen) atoms. The number of nitrogens with one attached hydrogen (secondary N) is 1. The van der Waals surface area contributed by atoms with Crippen molar-refractivity contribution in [3.63, 3.8) is 0 Å². The Morgan fingerprint density at radius 1 is 1.14 bits per heavy atom. The van der Waals surface area contributed by atoms with Crippen LogP contribution >= 0.6 is 0 Å². The first-order valence-corrected chi connectivity index (χ1v) is 7.19. The summed E-state index contributed by atoms with van der Waals surface area (Å²) in [5.74, 6) is 1.43. The Labute approximate surface area is 123 Å². The highest BCUT2D eigenvalue weighted by molar-refractivity contribution is 6.01. The number of nitrogens with two attached hydrogens (primary N) is 1.